The molecule has 3 aromatic rings. The molecule has 26 heavy (non-hydrogen) atoms. The van der Waals surface area contributed by atoms with Gasteiger partial charge >= 0.3 is 0 Å². The summed E-state index contributed by atoms with van der Waals surface area (Å²) in [4.78, 5) is 23.5. The van der Waals surface area contributed by atoms with Crippen LogP contribution in [0.15, 0.2) is 41.5 Å². The standard InChI is InChI=1S/C18H18N6O2/c1-12-21-22-17(26-12)18-5-2-13(18)4-8-24(18)16(25)15-10-14(3-6-20-15)23-9-7-19-11-23/h3,6-7,9-11,13H,2,4-5,8H2,1H3/t13-,18-/m0/s1. The van der Waals surface area contributed by atoms with Crippen molar-refractivity contribution < 1.29 is 9.21 Å². The molecule has 5 rings (SSSR count). The highest BCUT2D eigenvalue weighted by Crippen LogP contribution is 2.56. The molecule has 1 aliphatic heterocycles. The molecule has 8 nitrogen and oxygen atoms in total. The number of likely N-dealkylation sites (tertiary alicyclic amines) is 1. The monoisotopic (exact) mass is 350 g/mol. The second kappa shape index (κ2) is 5.48. The summed E-state index contributed by atoms with van der Waals surface area (Å²) in [7, 11) is 0. The van der Waals surface area contributed by atoms with Gasteiger partial charge in [-0.05, 0) is 37.3 Å². The van der Waals surface area contributed by atoms with Crippen LogP contribution < -0.4 is 0 Å². The molecule has 0 unspecified atom stereocenters. The van der Waals surface area contributed by atoms with Gasteiger partial charge in [0.25, 0.3) is 5.91 Å². The normalized spacial score (nSPS) is 24.3. The van der Waals surface area contributed by atoms with E-state index in [-0.39, 0.29) is 5.91 Å². The van der Waals surface area contributed by atoms with Crippen LogP contribution in [0.3, 0.4) is 0 Å². The summed E-state index contributed by atoms with van der Waals surface area (Å²) in [5, 5.41) is 8.22. The summed E-state index contributed by atoms with van der Waals surface area (Å²) in [5.74, 6) is 1.37. The van der Waals surface area contributed by atoms with Crippen molar-refractivity contribution in [1.82, 2.24) is 29.6 Å². The van der Waals surface area contributed by atoms with Gasteiger partial charge in [-0.15, -0.1) is 10.2 Å². The molecule has 4 heterocycles. The molecule has 0 radical (unpaired) electrons. The number of rotatable bonds is 3. The molecule has 2 aliphatic rings. The average molecular weight is 350 g/mol. The topological polar surface area (TPSA) is 89.9 Å². The fourth-order valence-electron chi connectivity index (χ4n) is 4.24. The number of aromatic nitrogens is 5. The van der Waals surface area contributed by atoms with Crippen LogP contribution in [0.4, 0.5) is 0 Å². The highest BCUT2D eigenvalue weighted by atomic mass is 16.4. The predicted octanol–water partition coefficient (Wildman–Crippen LogP) is 2.11. The van der Waals surface area contributed by atoms with E-state index in [2.05, 4.69) is 20.2 Å². The molecule has 3 aromatic heterocycles. The third-order valence-electron chi connectivity index (χ3n) is 5.64. The van der Waals surface area contributed by atoms with Crippen molar-refractivity contribution >= 4 is 5.91 Å². The van der Waals surface area contributed by atoms with Crippen molar-refractivity contribution in [3.05, 3.63) is 54.5 Å². The smallest absolute Gasteiger partial charge is 0.273 e. The molecule has 2 fully saturated rings. The SMILES string of the molecule is Cc1nnc([C@]23CC[C@H]2CCN3C(=O)c2cc(-n3ccnc3)ccn2)o1. The highest BCUT2D eigenvalue weighted by molar-refractivity contribution is 5.93. The van der Waals surface area contributed by atoms with Gasteiger partial charge in [-0.2, -0.15) is 0 Å². The quantitative estimate of drug-likeness (QED) is 0.719. The third kappa shape index (κ3) is 2.04. The highest BCUT2D eigenvalue weighted by Gasteiger charge is 2.61. The zero-order valence-corrected chi connectivity index (χ0v) is 14.4. The van der Waals surface area contributed by atoms with Crippen LogP contribution >= 0.6 is 0 Å². The van der Waals surface area contributed by atoms with E-state index in [0.29, 0.717) is 29.9 Å². The van der Waals surface area contributed by atoms with E-state index < -0.39 is 5.54 Å². The minimum absolute atomic E-state index is 0.0926. The van der Waals surface area contributed by atoms with E-state index in [9.17, 15) is 4.79 Å². The molecule has 0 aromatic carbocycles. The molecule has 1 saturated heterocycles. The lowest BCUT2D eigenvalue weighted by Gasteiger charge is -2.46. The number of imidazole rings is 1. The molecular formula is C18H18N6O2. The second-order valence-corrected chi connectivity index (χ2v) is 6.90. The first-order valence-electron chi connectivity index (χ1n) is 8.75. The van der Waals surface area contributed by atoms with E-state index in [0.717, 1.165) is 24.9 Å². The van der Waals surface area contributed by atoms with Crippen LogP contribution in [0, 0.1) is 12.8 Å². The third-order valence-corrected chi connectivity index (χ3v) is 5.64. The maximum atomic E-state index is 13.3. The Morgan fingerprint density at radius 3 is 2.92 bits per heavy atom. The number of fused-ring (bicyclic) bond motifs is 1. The van der Waals surface area contributed by atoms with E-state index in [1.54, 1.807) is 31.7 Å². The molecular weight excluding hydrogens is 332 g/mol. The molecule has 0 spiro atoms. The maximum absolute atomic E-state index is 13.3. The van der Waals surface area contributed by atoms with Gasteiger partial charge in [0.1, 0.15) is 11.2 Å². The van der Waals surface area contributed by atoms with Crippen LogP contribution in [-0.2, 0) is 5.54 Å². The zero-order valence-electron chi connectivity index (χ0n) is 14.4. The Morgan fingerprint density at radius 1 is 1.31 bits per heavy atom. The van der Waals surface area contributed by atoms with Crippen molar-refractivity contribution in [2.75, 3.05) is 6.54 Å². The molecule has 1 saturated carbocycles. The van der Waals surface area contributed by atoms with Crippen LogP contribution in [-0.4, -0.2) is 42.1 Å². The first-order valence-corrected chi connectivity index (χ1v) is 8.75. The molecule has 0 bridgehead atoms. The summed E-state index contributed by atoms with van der Waals surface area (Å²) in [5.41, 5.74) is 0.803. The van der Waals surface area contributed by atoms with Gasteiger partial charge in [0.05, 0.1) is 12.0 Å². The Balaban J connectivity index is 1.51. The van der Waals surface area contributed by atoms with E-state index in [1.165, 1.54) is 0 Å². The maximum Gasteiger partial charge on any atom is 0.273 e. The van der Waals surface area contributed by atoms with Crippen LogP contribution in [0.25, 0.3) is 5.69 Å². The minimum atomic E-state index is -0.467. The van der Waals surface area contributed by atoms with Gasteiger partial charge in [-0.25, -0.2) is 4.98 Å². The van der Waals surface area contributed by atoms with Crippen molar-refractivity contribution in [2.24, 2.45) is 5.92 Å². The van der Waals surface area contributed by atoms with Crippen LogP contribution in [0.2, 0.25) is 0 Å². The number of pyridine rings is 1. The number of carbonyl (C=O) groups excluding carboxylic acids is 1. The lowest BCUT2D eigenvalue weighted by atomic mass is 9.67. The molecule has 132 valence electrons. The van der Waals surface area contributed by atoms with Crippen molar-refractivity contribution in [3.8, 4) is 5.69 Å². The average Bonchev–Trinajstić information content (AvgIpc) is 3.35. The first-order chi connectivity index (χ1) is 12.7. The number of hydrogen-bond acceptors (Lipinski definition) is 6. The Labute approximate surface area is 149 Å². The molecule has 8 heteroatoms. The van der Waals surface area contributed by atoms with Crippen LogP contribution in [0.1, 0.15) is 41.5 Å². The fraction of sp³-hybridized carbons (Fsp3) is 0.389. The van der Waals surface area contributed by atoms with Gasteiger partial charge in [-0.1, -0.05) is 0 Å². The summed E-state index contributed by atoms with van der Waals surface area (Å²) >= 11 is 0. The van der Waals surface area contributed by atoms with Gasteiger partial charge in [-0.3, -0.25) is 9.78 Å². The summed E-state index contributed by atoms with van der Waals surface area (Å²) in [6.07, 6.45) is 9.78. The number of carbonyl (C=O) groups is 1. The predicted molar refractivity (Wildman–Crippen MR) is 90.4 cm³/mol. The Morgan fingerprint density at radius 2 is 2.23 bits per heavy atom. The van der Waals surface area contributed by atoms with Crippen molar-refractivity contribution in [3.63, 3.8) is 0 Å². The van der Waals surface area contributed by atoms with Crippen molar-refractivity contribution in [1.29, 1.82) is 0 Å². The lowest BCUT2D eigenvalue weighted by Crippen LogP contribution is -2.54. The Hall–Kier alpha value is -3.03. The Bertz CT molecular complexity index is 966. The van der Waals surface area contributed by atoms with E-state index in [1.807, 2.05) is 21.7 Å². The van der Waals surface area contributed by atoms with Gasteiger partial charge in [0.2, 0.25) is 11.8 Å². The van der Waals surface area contributed by atoms with E-state index in [4.69, 9.17) is 4.42 Å². The molecule has 0 N–H and O–H groups in total. The van der Waals surface area contributed by atoms with Crippen LogP contribution in [0.5, 0.6) is 0 Å². The van der Waals surface area contributed by atoms with Gasteiger partial charge < -0.3 is 13.9 Å². The first kappa shape index (κ1) is 15.2. The number of aryl methyl sites for hydroxylation is 1. The number of hydrogen-bond donors (Lipinski definition) is 0. The summed E-state index contributed by atoms with van der Waals surface area (Å²) in [6.45, 7) is 2.46. The lowest BCUT2D eigenvalue weighted by molar-refractivity contribution is -0.00379. The molecule has 1 amide bonds. The van der Waals surface area contributed by atoms with E-state index >= 15 is 0 Å². The summed E-state index contributed by atoms with van der Waals surface area (Å²) in [6, 6.07) is 3.65. The number of amides is 1. The molecule has 1 aliphatic carbocycles. The number of nitrogens with zero attached hydrogens (tertiary/aromatic N) is 6. The molecule has 2 atom stereocenters. The second-order valence-electron chi connectivity index (χ2n) is 6.90. The van der Waals surface area contributed by atoms with Gasteiger partial charge in [0.15, 0.2) is 0 Å². The van der Waals surface area contributed by atoms with Gasteiger partial charge in [0, 0.05) is 32.1 Å². The largest absolute Gasteiger partial charge is 0.423 e. The Kier molecular flexibility index (Phi) is 3.22. The fourth-order valence-corrected chi connectivity index (χ4v) is 4.24. The zero-order chi connectivity index (χ0) is 17.7. The summed E-state index contributed by atoms with van der Waals surface area (Å²) < 4.78 is 7.60. The van der Waals surface area contributed by atoms with Crippen molar-refractivity contribution in [2.45, 2.75) is 31.7 Å². The minimum Gasteiger partial charge on any atom is -0.423 e.